The van der Waals surface area contributed by atoms with Gasteiger partial charge in [-0.2, -0.15) is 0 Å². The Morgan fingerprint density at radius 3 is 2.73 bits per heavy atom. The van der Waals surface area contributed by atoms with E-state index < -0.39 is 0 Å². The zero-order chi connectivity index (χ0) is 10.2. The SMILES string of the molecule is CCCCCNCc1cccc(Br)c1.Cl. The fourth-order valence-electron chi connectivity index (χ4n) is 1.38. The minimum absolute atomic E-state index is 0. The molecular formula is C12H19BrClN. The van der Waals surface area contributed by atoms with Crippen LogP contribution in [-0.2, 0) is 6.54 Å². The molecule has 0 unspecified atom stereocenters. The van der Waals surface area contributed by atoms with Crippen molar-refractivity contribution in [3.63, 3.8) is 0 Å². The summed E-state index contributed by atoms with van der Waals surface area (Å²) in [6.45, 7) is 4.33. The van der Waals surface area contributed by atoms with Crippen LogP contribution in [0.2, 0.25) is 0 Å². The van der Waals surface area contributed by atoms with E-state index in [2.05, 4.69) is 52.4 Å². The van der Waals surface area contributed by atoms with Crippen LogP contribution in [0.25, 0.3) is 0 Å². The molecule has 1 N–H and O–H groups in total. The minimum atomic E-state index is 0. The van der Waals surface area contributed by atoms with Crippen LogP contribution in [0.5, 0.6) is 0 Å². The maximum atomic E-state index is 3.47. The van der Waals surface area contributed by atoms with Gasteiger partial charge in [0, 0.05) is 11.0 Å². The van der Waals surface area contributed by atoms with Crippen LogP contribution in [0.4, 0.5) is 0 Å². The van der Waals surface area contributed by atoms with Crippen LogP contribution in [-0.4, -0.2) is 6.54 Å². The Labute approximate surface area is 107 Å². The van der Waals surface area contributed by atoms with Crippen molar-refractivity contribution in [2.45, 2.75) is 32.7 Å². The van der Waals surface area contributed by atoms with Gasteiger partial charge in [-0.15, -0.1) is 12.4 Å². The standard InChI is InChI=1S/C12H18BrN.ClH/c1-2-3-4-8-14-10-11-6-5-7-12(13)9-11;/h5-7,9,14H,2-4,8,10H2,1H3;1H. The molecule has 86 valence electrons. The van der Waals surface area contributed by atoms with Crippen LogP contribution in [0.15, 0.2) is 28.7 Å². The summed E-state index contributed by atoms with van der Waals surface area (Å²) in [5.41, 5.74) is 1.34. The van der Waals surface area contributed by atoms with Gasteiger partial charge in [-0.3, -0.25) is 0 Å². The van der Waals surface area contributed by atoms with Crippen molar-refractivity contribution in [1.29, 1.82) is 0 Å². The smallest absolute Gasteiger partial charge is 0.0205 e. The number of hydrogen-bond donors (Lipinski definition) is 1. The van der Waals surface area contributed by atoms with E-state index in [1.807, 2.05) is 0 Å². The molecule has 3 heteroatoms. The summed E-state index contributed by atoms with van der Waals surface area (Å²) in [6, 6.07) is 8.44. The summed E-state index contributed by atoms with van der Waals surface area (Å²) in [5.74, 6) is 0. The second kappa shape index (κ2) is 9.20. The van der Waals surface area contributed by atoms with E-state index in [4.69, 9.17) is 0 Å². The summed E-state index contributed by atoms with van der Waals surface area (Å²) < 4.78 is 1.16. The number of hydrogen-bond acceptors (Lipinski definition) is 1. The molecule has 0 saturated heterocycles. The molecule has 0 aliphatic rings. The van der Waals surface area contributed by atoms with E-state index in [1.54, 1.807) is 0 Å². The third-order valence-electron chi connectivity index (χ3n) is 2.18. The van der Waals surface area contributed by atoms with Crippen molar-refractivity contribution in [2.24, 2.45) is 0 Å². The topological polar surface area (TPSA) is 12.0 Å². The molecule has 1 rings (SSSR count). The molecule has 0 amide bonds. The third-order valence-corrected chi connectivity index (χ3v) is 2.67. The monoisotopic (exact) mass is 291 g/mol. The molecular weight excluding hydrogens is 273 g/mol. The van der Waals surface area contributed by atoms with Crippen LogP contribution in [0, 0.1) is 0 Å². The van der Waals surface area contributed by atoms with Crippen molar-refractivity contribution in [3.8, 4) is 0 Å². The van der Waals surface area contributed by atoms with E-state index in [1.165, 1.54) is 24.8 Å². The zero-order valence-corrected chi connectivity index (χ0v) is 11.5. The Kier molecular flexibility index (Phi) is 9.17. The molecule has 0 heterocycles. The molecule has 0 radical (unpaired) electrons. The molecule has 0 atom stereocenters. The fourth-order valence-corrected chi connectivity index (χ4v) is 1.83. The van der Waals surface area contributed by atoms with Crippen LogP contribution in [0.1, 0.15) is 31.7 Å². The van der Waals surface area contributed by atoms with Crippen LogP contribution < -0.4 is 5.32 Å². The van der Waals surface area contributed by atoms with E-state index >= 15 is 0 Å². The summed E-state index contributed by atoms with van der Waals surface area (Å²) in [6.07, 6.45) is 3.90. The highest BCUT2D eigenvalue weighted by molar-refractivity contribution is 9.10. The van der Waals surface area contributed by atoms with Crippen molar-refractivity contribution in [1.82, 2.24) is 5.32 Å². The second-order valence-electron chi connectivity index (χ2n) is 3.51. The average Bonchev–Trinajstić information content (AvgIpc) is 2.18. The first-order valence-corrected chi connectivity index (χ1v) is 6.07. The Hall–Kier alpha value is -0.0500. The lowest BCUT2D eigenvalue weighted by molar-refractivity contribution is 0.617. The molecule has 0 aliphatic carbocycles. The fraction of sp³-hybridized carbons (Fsp3) is 0.500. The van der Waals surface area contributed by atoms with Gasteiger partial charge in [0.15, 0.2) is 0 Å². The van der Waals surface area contributed by atoms with Crippen molar-refractivity contribution in [3.05, 3.63) is 34.3 Å². The lowest BCUT2D eigenvalue weighted by atomic mass is 10.2. The quantitative estimate of drug-likeness (QED) is 0.777. The van der Waals surface area contributed by atoms with E-state index in [0.29, 0.717) is 0 Å². The van der Waals surface area contributed by atoms with E-state index in [9.17, 15) is 0 Å². The van der Waals surface area contributed by atoms with Gasteiger partial charge in [0.25, 0.3) is 0 Å². The summed E-state index contributed by atoms with van der Waals surface area (Å²) in [5, 5.41) is 3.44. The first kappa shape index (κ1) is 14.9. The lowest BCUT2D eigenvalue weighted by Crippen LogP contribution is -2.14. The van der Waals surface area contributed by atoms with Gasteiger partial charge >= 0.3 is 0 Å². The Balaban J connectivity index is 0.00000196. The largest absolute Gasteiger partial charge is 0.313 e. The Morgan fingerprint density at radius 2 is 2.07 bits per heavy atom. The normalized spacial score (nSPS) is 9.73. The van der Waals surface area contributed by atoms with Gasteiger partial charge < -0.3 is 5.32 Å². The summed E-state index contributed by atoms with van der Waals surface area (Å²) >= 11 is 3.47. The predicted octanol–water partition coefficient (Wildman–Crippen LogP) is 4.15. The molecule has 15 heavy (non-hydrogen) atoms. The Morgan fingerprint density at radius 1 is 1.27 bits per heavy atom. The molecule has 0 fully saturated rings. The molecule has 1 aromatic carbocycles. The first-order valence-electron chi connectivity index (χ1n) is 5.28. The maximum Gasteiger partial charge on any atom is 0.0205 e. The highest BCUT2D eigenvalue weighted by Crippen LogP contribution is 2.11. The third kappa shape index (κ3) is 6.93. The minimum Gasteiger partial charge on any atom is -0.313 e. The summed E-state index contributed by atoms with van der Waals surface area (Å²) in [7, 11) is 0. The van der Waals surface area contributed by atoms with Crippen LogP contribution >= 0.6 is 28.3 Å². The second-order valence-corrected chi connectivity index (χ2v) is 4.43. The number of unbranched alkanes of at least 4 members (excludes halogenated alkanes) is 2. The van der Waals surface area contributed by atoms with E-state index in [0.717, 1.165) is 17.6 Å². The maximum absolute atomic E-state index is 3.47. The molecule has 0 aromatic heterocycles. The van der Waals surface area contributed by atoms with Gasteiger partial charge in [0.05, 0.1) is 0 Å². The molecule has 1 aromatic rings. The van der Waals surface area contributed by atoms with Gasteiger partial charge in [-0.1, -0.05) is 47.8 Å². The molecule has 0 aliphatic heterocycles. The van der Waals surface area contributed by atoms with Gasteiger partial charge in [-0.05, 0) is 30.7 Å². The molecule has 1 nitrogen and oxygen atoms in total. The average molecular weight is 293 g/mol. The van der Waals surface area contributed by atoms with Gasteiger partial charge in [0.2, 0.25) is 0 Å². The number of halogens is 2. The predicted molar refractivity (Wildman–Crippen MR) is 72.6 cm³/mol. The van der Waals surface area contributed by atoms with Crippen molar-refractivity contribution in [2.75, 3.05) is 6.54 Å². The zero-order valence-electron chi connectivity index (χ0n) is 9.13. The highest BCUT2D eigenvalue weighted by atomic mass is 79.9. The van der Waals surface area contributed by atoms with Crippen LogP contribution in [0.3, 0.4) is 0 Å². The number of benzene rings is 1. The number of nitrogens with one attached hydrogen (secondary N) is 1. The van der Waals surface area contributed by atoms with Crippen molar-refractivity contribution >= 4 is 28.3 Å². The van der Waals surface area contributed by atoms with E-state index in [-0.39, 0.29) is 12.4 Å². The van der Waals surface area contributed by atoms with Crippen molar-refractivity contribution < 1.29 is 0 Å². The van der Waals surface area contributed by atoms with Gasteiger partial charge in [0.1, 0.15) is 0 Å². The van der Waals surface area contributed by atoms with Gasteiger partial charge in [-0.25, -0.2) is 0 Å². The Bertz CT molecular complexity index is 266. The highest BCUT2D eigenvalue weighted by Gasteiger charge is 1.93. The number of rotatable bonds is 6. The first-order chi connectivity index (χ1) is 6.83. The lowest BCUT2D eigenvalue weighted by Gasteiger charge is -2.04. The molecule has 0 bridgehead atoms. The summed E-state index contributed by atoms with van der Waals surface area (Å²) in [4.78, 5) is 0. The molecule has 0 spiro atoms. The molecule has 0 saturated carbocycles.